The van der Waals surface area contributed by atoms with E-state index in [-0.39, 0.29) is 12.1 Å². The van der Waals surface area contributed by atoms with Crippen LogP contribution in [-0.4, -0.2) is 41.5 Å². The van der Waals surface area contributed by atoms with Gasteiger partial charge in [-0.15, -0.1) is 0 Å². The monoisotopic (exact) mass is 376 g/mol. The first-order valence-corrected chi connectivity index (χ1v) is 9.83. The van der Waals surface area contributed by atoms with Crippen molar-refractivity contribution in [2.24, 2.45) is 0 Å². The summed E-state index contributed by atoms with van der Waals surface area (Å²) in [6.07, 6.45) is 4.89. The molecule has 1 aromatic heterocycles. The number of fused-ring (bicyclic) bond motifs is 2. The number of H-pyrrole nitrogens is 1. The molecule has 3 unspecified atom stereocenters. The zero-order valence-electron chi connectivity index (χ0n) is 15.6. The molecule has 3 atom stereocenters. The van der Waals surface area contributed by atoms with Gasteiger partial charge in [-0.1, -0.05) is 36.4 Å². The molecule has 2 aromatic carbocycles. The standard InChI is InChI=1S/C23H24N2O3/c26-20(23-14-27-21-7-3-4-8-22(21)28-23)12-16-11-15(9-10-24-16)18-13-25-19-6-2-1-5-17(18)19/h1-9,13,16,20,23-26H,10-12,14H2. The van der Waals surface area contributed by atoms with Gasteiger partial charge in [0.2, 0.25) is 0 Å². The average molecular weight is 376 g/mol. The predicted octanol–water partition coefficient (Wildman–Crippen LogP) is 3.50. The number of hydrogen-bond donors (Lipinski definition) is 3. The second-order valence-electron chi connectivity index (χ2n) is 7.50. The lowest BCUT2D eigenvalue weighted by atomic mass is 9.91. The Kier molecular flexibility index (Phi) is 4.55. The summed E-state index contributed by atoms with van der Waals surface area (Å²) in [4.78, 5) is 3.36. The van der Waals surface area contributed by atoms with Crippen molar-refractivity contribution in [3.63, 3.8) is 0 Å². The molecule has 28 heavy (non-hydrogen) atoms. The molecule has 5 rings (SSSR count). The third kappa shape index (κ3) is 3.28. The summed E-state index contributed by atoms with van der Waals surface area (Å²) in [5.74, 6) is 1.44. The van der Waals surface area contributed by atoms with Gasteiger partial charge in [0.25, 0.3) is 0 Å². The van der Waals surface area contributed by atoms with E-state index < -0.39 is 6.10 Å². The summed E-state index contributed by atoms with van der Waals surface area (Å²) >= 11 is 0. The Bertz CT molecular complexity index is 1010. The van der Waals surface area contributed by atoms with E-state index in [1.54, 1.807) is 0 Å². The van der Waals surface area contributed by atoms with Crippen molar-refractivity contribution < 1.29 is 14.6 Å². The quantitative estimate of drug-likeness (QED) is 0.652. The van der Waals surface area contributed by atoms with Crippen molar-refractivity contribution in [2.45, 2.75) is 31.1 Å². The maximum atomic E-state index is 10.8. The van der Waals surface area contributed by atoms with Crippen LogP contribution in [0.2, 0.25) is 0 Å². The van der Waals surface area contributed by atoms with E-state index >= 15 is 0 Å². The van der Waals surface area contributed by atoms with E-state index in [0.29, 0.717) is 18.8 Å². The Morgan fingerprint density at radius 1 is 1.07 bits per heavy atom. The second kappa shape index (κ2) is 7.34. The third-order valence-corrected chi connectivity index (χ3v) is 5.64. The molecule has 0 bridgehead atoms. The third-order valence-electron chi connectivity index (χ3n) is 5.64. The fourth-order valence-electron chi connectivity index (χ4n) is 4.16. The molecule has 0 amide bonds. The number of ether oxygens (including phenoxy) is 2. The van der Waals surface area contributed by atoms with Crippen LogP contribution >= 0.6 is 0 Å². The van der Waals surface area contributed by atoms with E-state index in [4.69, 9.17) is 9.47 Å². The molecule has 0 aliphatic carbocycles. The van der Waals surface area contributed by atoms with Gasteiger partial charge < -0.3 is 24.9 Å². The van der Waals surface area contributed by atoms with E-state index in [0.717, 1.165) is 24.2 Å². The van der Waals surface area contributed by atoms with Crippen molar-refractivity contribution in [1.29, 1.82) is 0 Å². The molecule has 3 aromatic rings. The van der Waals surface area contributed by atoms with Crippen molar-refractivity contribution in [1.82, 2.24) is 10.3 Å². The summed E-state index contributed by atoms with van der Waals surface area (Å²) in [5, 5.41) is 15.5. The molecule has 5 heteroatoms. The van der Waals surface area contributed by atoms with Gasteiger partial charge in [-0.25, -0.2) is 0 Å². The smallest absolute Gasteiger partial charge is 0.161 e. The minimum Gasteiger partial charge on any atom is -0.486 e. The zero-order valence-corrected chi connectivity index (χ0v) is 15.6. The molecule has 3 N–H and O–H groups in total. The van der Waals surface area contributed by atoms with E-state index in [1.807, 2.05) is 30.3 Å². The zero-order chi connectivity index (χ0) is 18.9. The van der Waals surface area contributed by atoms with Crippen LogP contribution in [0.1, 0.15) is 18.4 Å². The normalized spacial score (nSPS) is 22.7. The molecular formula is C23H24N2O3. The minimum absolute atomic E-state index is 0.199. The molecule has 2 aliphatic heterocycles. The Morgan fingerprint density at radius 3 is 2.82 bits per heavy atom. The first-order chi connectivity index (χ1) is 13.8. The van der Waals surface area contributed by atoms with Crippen LogP contribution in [0.15, 0.2) is 60.8 Å². The summed E-state index contributed by atoms with van der Waals surface area (Å²) in [6, 6.07) is 16.2. The van der Waals surface area contributed by atoms with Gasteiger partial charge in [-0.3, -0.25) is 0 Å². The van der Waals surface area contributed by atoms with Gasteiger partial charge >= 0.3 is 0 Å². The predicted molar refractivity (Wildman–Crippen MR) is 110 cm³/mol. The fraction of sp³-hybridized carbons (Fsp3) is 0.304. The highest BCUT2D eigenvalue weighted by atomic mass is 16.6. The highest BCUT2D eigenvalue weighted by molar-refractivity contribution is 5.92. The lowest BCUT2D eigenvalue weighted by Gasteiger charge is -2.32. The number of aromatic amines is 1. The highest BCUT2D eigenvalue weighted by Crippen LogP contribution is 2.33. The summed E-state index contributed by atoms with van der Waals surface area (Å²) in [5.41, 5.74) is 3.72. The van der Waals surface area contributed by atoms with Gasteiger partial charge in [-0.05, 0) is 36.6 Å². The van der Waals surface area contributed by atoms with Gasteiger partial charge in [0.15, 0.2) is 17.6 Å². The van der Waals surface area contributed by atoms with Crippen LogP contribution in [0.3, 0.4) is 0 Å². The topological polar surface area (TPSA) is 66.5 Å². The maximum Gasteiger partial charge on any atom is 0.161 e. The van der Waals surface area contributed by atoms with E-state index in [2.05, 4.69) is 40.8 Å². The number of aliphatic hydroxyl groups excluding tert-OH is 1. The maximum absolute atomic E-state index is 10.8. The Balaban J connectivity index is 1.26. The number of benzene rings is 2. The first kappa shape index (κ1) is 17.3. The van der Waals surface area contributed by atoms with Crippen LogP contribution in [0.4, 0.5) is 0 Å². The largest absolute Gasteiger partial charge is 0.486 e. The SMILES string of the molecule is OC(CC1CC(c2c[nH]c3ccccc23)=CCN1)C1COc2ccccc2O1. The van der Waals surface area contributed by atoms with Gasteiger partial charge in [0.1, 0.15) is 6.61 Å². The van der Waals surface area contributed by atoms with Crippen LogP contribution in [-0.2, 0) is 0 Å². The van der Waals surface area contributed by atoms with Crippen LogP contribution < -0.4 is 14.8 Å². The molecule has 144 valence electrons. The number of para-hydroxylation sites is 3. The molecule has 0 fully saturated rings. The van der Waals surface area contributed by atoms with E-state index in [1.165, 1.54) is 16.5 Å². The van der Waals surface area contributed by atoms with Gasteiger partial charge in [0, 0.05) is 35.2 Å². The molecule has 5 nitrogen and oxygen atoms in total. The number of rotatable bonds is 4. The number of nitrogens with one attached hydrogen (secondary N) is 2. The number of aliphatic hydroxyl groups is 1. The fourth-order valence-corrected chi connectivity index (χ4v) is 4.16. The first-order valence-electron chi connectivity index (χ1n) is 9.83. The van der Waals surface area contributed by atoms with Gasteiger partial charge in [-0.2, -0.15) is 0 Å². The van der Waals surface area contributed by atoms with Crippen LogP contribution in [0.5, 0.6) is 11.5 Å². The van der Waals surface area contributed by atoms with Gasteiger partial charge in [0.05, 0.1) is 6.10 Å². The number of aromatic nitrogens is 1. The molecule has 0 radical (unpaired) electrons. The highest BCUT2D eigenvalue weighted by Gasteiger charge is 2.30. The minimum atomic E-state index is -0.590. The Morgan fingerprint density at radius 2 is 1.89 bits per heavy atom. The molecule has 0 saturated carbocycles. The summed E-state index contributed by atoms with van der Waals surface area (Å²) < 4.78 is 11.7. The molecule has 3 heterocycles. The Hall–Kier alpha value is -2.76. The lowest BCUT2D eigenvalue weighted by molar-refractivity contribution is -0.0176. The van der Waals surface area contributed by atoms with Crippen molar-refractivity contribution in [2.75, 3.05) is 13.2 Å². The van der Waals surface area contributed by atoms with Crippen LogP contribution in [0.25, 0.3) is 16.5 Å². The molecule has 2 aliphatic rings. The molecular weight excluding hydrogens is 352 g/mol. The lowest BCUT2D eigenvalue weighted by Crippen LogP contribution is -2.44. The summed E-state index contributed by atoms with van der Waals surface area (Å²) in [7, 11) is 0. The number of hydrogen-bond acceptors (Lipinski definition) is 4. The average Bonchev–Trinajstić information content (AvgIpc) is 3.18. The van der Waals surface area contributed by atoms with Crippen molar-refractivity contribution >= 4 is 16.5 Å². The summed E-state index contributed by atoms with van der Waals surface area (Å²) in [6.45, 7) is 1.17. The van der Waals surface area contributed by atoms with E-state index in [9.17, 15) is 5.11 Å². The Labute approximate surface area is 164 Å². The molecule has 0 spiro atoms. The molecule has 0 saturated heterocycles. The second-order valence-corrected chi connectivity index (χ2v) is 7.50. The van der Waals surface area contributed by atoms with Crippen molar-refractivity contribution in [3.05, 3.63) is 66.4 Å². The van der Waals surface area contributed by atoms with Crippen LogP contribution in [0, 0.1) is 0 Å². The van der Waals surface area contributed by atoms with Crippen molar-refractivity contribution in [3.8, 4) is 11.5 Å².